The van der Waals surface area contributed by atoms with Crippen molar-refractivity contribution in [3.8, 4) is 0 Å². The molecule has 28 heavy (non-hydrogen) atoms. The molecule has 1 fully saturated rings. The number of rotatable bonds is 5. The Morgan fingerprint density at radius 2 is 1.96 bits per heavy atom. The van der Waals surface area contributed by atoms with Crippen molar-refractivity contribution in [2.24, 2.45) is 0 Å². The molecule has 7 heteroatoms. The van der Waals surface area contributed by atoms with Crippen molar-refractivity contribution in [3.05, 3.63) is 47.3 Å². The molecule has 0 spiro atoms. The SMILES string of the molecule is CSc1ccc(CCC(=O)N2CCc3cnc(N4CCOCC4)nc3C2)cc1. The minimum absolute atomic E-state index is 0.200. The van der Waals surface area contributed by atoms with Gasteiger partial charge in [0.1, 0.15) is 0 Å². The van der Waals surface area contributed by atoms with Crippen molar-refractivity contribution in [3.63, 3.8) is 0 Å². The van der Waals surface area contributed by atoms with Gasteiger partial charge in [-0.25, -0.2) is 9.97 Å². The predicted octanol–water partition coefficient (Wildman–Crippen LogP) is 2.55. The molecular formula is C21H26N4O2S. The fourth-order valence-electron chi connectivity index (χ4n) is 3.62. The summed E-state index contributed by atoms with van der Waals surface area (Å²) in [5.74, 6) is 0.955. The largest absolute Gasteiger partial charge is 0.378 e. The first-order chi connectivity index (χ1) is 13.7. The molecule has 2 aromatic rings. The van der Waals surface area contributed by atoms with Gasteiger partial charge in [-0.1, -0.05) is 12.1 Å². The number of thioether (sulfide) groups is 1. The van der Waals surface area contributed by atoms with Gasteiger partial charge < -0.3 is 14.5 Å². The number of hydrogen-bond acceptors (Lipinski definition) is 6. The minimum Gasteiger partial charge on any atom is -0.378 e. The maximum absolute atomic E-state index is 12.7. The number of aryl methyl sites for hydroxylation is 1. The lowest BCUT2D eigenvalue weighted by Crippen LogP contribution is -2.39. The van der Waals surface area contributed by atoms with E-state index in [-0.39, 0.29) is 5.91 Å². The standard InChI is InChI=1S/C21H26N4O2S/c1-28-18-5-2-16(3-6-18)4-7-20(26)25-9-8-17-14-22-21(23-19(17)15-25)24-10-12-27-13-11-24/h2-3,5-6,14H,4,7-13,15H2,1H3. The molecule has 1 aromatic heterocycles. The molecular weight excluding hydrogens is 372 g/mol. The first-order valence-electron chi connectivity index (χ1n) is 9.81. The Hall–Kier alpha value is -2.12. The zero-order valence-electron chi connectivity index (χ0n) is 16.3. The van der Waals surface area contributed by atoms with E-state index in [1.165, 1.54) is 10.5 Å². The number of nitrogens with zero attached hydrogens (tertiary/aromatic N) is 4. The Morgan fingerprint density at radius 1 is 1.18 bits per heavy atom. The van der Waals surface area contributed by atoms with Gasteiger partial charge in [-0.15, -0.1) is 11.8 Å². The topological polar surface area (TPSA) is 58.6 Å². The molecule has 0 radical (unpaired) electrons. The lowest BCUT2D eigenvalue weighted by atomic mass is 10.1. The van der Waals surface area contributed by atoms with Crippen molar-refractivity contribution in [2.75, 3.05) is 44.0 Å². The number of hydrogen-bond donors (Lipinski definition) is 0. The van der Waals surface area contributed by atoms with Crippen molar-refractivity contribution in [1.29, 1.82) is 0 Å². The lowest BCUT2D eigenvalue weighted by molar-refractivity contribution is -0.132. The molecule has 2 aliphatic heterocycles. The van der Waals surface area contributed by atoms with Crippen LogP contribution in [0.4, 0.5) is 5.95 Å². The predicted molar refractivity (Wildman–Crippen MR) is 111 cm³/mol. The van der Waals surface area contributed by atoms with Gasteiger partial charge in [-0.2, -0.15) is 0 Å². The number of anilines is 1. The third-order valence-electron chi connectivity index (χ3n) is 5.37. The highest BCUT2D eigenvalue weighted by molar-refractivity contribution is 7.98. The number of benzene rings is 1. The van der Waals surface area contributed by atoms with Gasteiger partial charge in [0.2, 0.25) is 11.9 Å². The highest BCUT2D eigenvalue weighted by Gasteiger charge is 2.23. The van der Waals surface area contributed by atoms with Gasteiger partial charge >= 0.3 is 0 Å². The fourth-order valence-corrected chi connectivity index (χ4v) is 4.03. The normalized spacial score (nSPS) is 16.8. The van der Waals surface area contributed by atoms with Crippen LogP contribution in [0.2, 0.25) is 0 Å². The van der Waals surface area contributed by atoms with Crippen LogP contribution in [-0.2, 0) is 28.9 Å². The molecule has 0 bridgehead atoms. The molecule has 0 N–H and O–H groups in total. The molecule has 1 saturated heterocycles. The maximum Gasteiger partial charge on any atom is 0.225 e. The second-order valence-corrected chi connectivity index (χ2v) is 8.03. The van der Waals surface area contributed by atoms with Crippen LogP contribution in [0.3, 0.4) is 0 Å². The van der Waals surface area contributed by atoms with Crippen molar-refractivity contribution in [1.82, 2.24) is 14.9 Å². The molecule has 0 saturated carbocycles. The van der Waals surface area contributed by atoms with Gasteiger partial charge in [0, 0.05) is 37.1 Å². The summed E-state index contributed by atoms with van der Waals surface area (Å²) in [6, 6.07) is 8.47. The Balaban J connectivity index is 1.37. The molecule has 0 unspecified atom stereocenters. The summed E-state index contributed by atoms with van der Waals surface area (Å²) >= 11 is 1.73. The van der Waals surface area contributed by atoms with Crippen LogP contribution in [-0.4, -0.2) is 59.9 Å². The number of ether oxygens (including phenoxy) is 1. The van der Waals surface area contributed by atoms with E-state index in [1.54, 1.807) is 11.8 Å². The van der Waals surface area contributed by atoms with Gasteiger partial charge in [0.15, 0.2) is 0 Å². The maximum atomic E-state index is 12.7. The van der Waals surface area contributed by atoms with E-state index in [0.717, 1.165) is 49.7 Å². The third kappa shape index (κ3) is 4.47. The van der Waals surface area contributed by atoms with Gasteiger partial charge in [0.25, 0.3) is 0 Å². The Bertz CT molecular complexity index is 822. The first-order valence-corrected chi connectivity index (χ1v) is 11.0. The fraction of sp³-hybridized carbons (Fsp3) is 0.476. The third-order valence-corrected chi connectivity index (χ3v) is 6.11. The highest BCUT2D eigenvalue weighted by atomic mass is 32.2. The van der Waals surface area contributed by atoms with Crippen LogP contribution in [0.25, 0.3) is 0 Å². The molecule has 148 valence electrons. The van der Waals surface area contributed by atoms with Gasteiger partial charge in [-0.05, 0) is 42.4 Å². The molecule has 1 aromatic carbocycles. The Morgan fingerprint density at radius 3 is 2.71 bits per heavy atom. The van der Waals surface area contributed by atoms with E-state index < -0.39 is 0 Å². The van der Waals surface area contributed by atoms with Crippen molar-refractivity contribution in [2.45, 2.75) is 30.7 Å². The molecule has 0 aliphatic carbocycles. The van der Waals surface area contributed by atoms with Crippen LogP contribution in [0, 0.1) is 0 Å². The summed E-state index contributed by atoms with van der Waals surface area (Å²) in [6.45, 7) is 4.39. The van der Waals surface area contributed by atoms with Crippen LogP contribution in [0.5, 0.6) is 0 Å². The van der Waals surface area contributed by atoms with E-state index in [2.05, 4.69) is 40.4 Å². The summed E-state index contributed by atoms with van der Waals surface area (Å²) in [7, 11) is 0. The number of morpholine rings is 1. The monoisotopic (exact) mass is 398 g/mol. The molecule has 3 heterocycles. The number of amides is 1. The quantitative estimate of drug-likeness (QED) is 0.722. The molecule has 1 amide bonds. The second-order valence-electron chi connectivity index (χ2n) is 7.15. The minimum atomic E-state index is 0.200. The van der Waals surface area contributed by atoms with Crippen molar-refractivity contribution >= 4 is 23.6 Å². The van der Waals surface area contributed by atoms with Crippen LogP contribution >= 0.6 is 11.8 Å². The summed E-state index contributed by atoms with van der Waals surface area (Å²) < 4.78 is 5.41. The van der Waals surface area contributed by atoms with E-state index in [0.29, 0.717) is 26.2 Å². The number of aromatic nitrogens is 2. The smallest absolute Gasteiger partial charge is 0.225 e. The van der Waals surface area contributed by atoms with E-state index in [4.69, 9.17) is 9.72 Å². The van der Waals surface area contributed by atoms with Crippen molar-refractivity contribution < 1.29 is 9.53 Å². The molecule has 0 atom stereocenters. The summed E-state index contributed by atoms with van der Waals surface area (Å²) in [6.07, 6.45) is 6.14. The zero-order chi connectivity index (χ0) is 19.3. The van der Waals surface area contributed by atoms with Gasteiger partial charge in [0.05, 0.1) is 25.5 Å². The summed E-state index contributed by atoms with van der Waals surface area (Å²) in [4.78, 5) is 27.4. The first kappa shape index (κ1) is 19.2. The number of carbonyl (C=O) groups is 1. The summed E-state index contributed by atoms with van der Waals surface area (Å²) in [5.41, 5.74) is 3.36. The van der Waals surface area contributed by atoms with E-state index >= 15 is 0 Å². The van der Waals surface area contributed by atoms with Crippen LogP contribution < -0.4 is 4.90 Å². The Labute approximate surface area is 170 Å². The van der Waals surface area contributed by atoms with E-state index in [9.17, 15) is 4.79 Å². The molecule has 6 nitrogen and oxygen atoms in total. The van der Waals surface area contributed by atoms with Crippen LogP contribution in [0.15, 0.2) is 35.4 Å². The molecule has 4 rings (SSSR count). The lowest BCUT2D eigenvalue weighted by Gasteiger charge is -2.30. The average molecular weight is 399 g/mol. The molecule has 2 aliphatic rings. The zero-order valence-corrected chi connectivity index (χ0v) is 17.1. The number of fused-ring (bicyclic) bond motifs is 1. The Kier molecular flexibility index (Phi) is 6.12. The summed E-state index contributed by atoms with van der Waals surface area (Å²) in [5, 5.41) is 0. The number of carbonyl (C=O) groups excluding carboxylic acids is 1. The average Bonchev–Trinajstić information content (AvgIpc) is 2.77. The van der Waals surface area contributed by atoms with Crippen LogP contribution in [0.1, 0.15) is 23.2 Å². The van der Waals surface area contributed by atoms with Gasteiger partial charge in [-0.3, -0.25) is 4.79 Å². The highest BCUT2D eigenvalue weighted by Crippen LogP contribution is 2.21. The second kappa shape index (κ2) is 8.92. The van der Waals surface area contributed by atoms with E-state index in [1.807, 2.05) is 11.1 Å².